The van der Waals surface area contributed by atoms with Crippen molar-refractivity contribution >= 4 is 0 Å². The maximum Gasteiger partial charge on any atom is 0.261 e. The van der Waals surface area contributed by atoms with Crippen LogP contribution < -0.4 is 5.32 Å². The molecule has 0 spiro atoms. The van der Waals surface area contributed by atoms with E-state index < -0.39 is 12.0 Å². The number of halogens is 2. The van der Waals surface area contributed by atoms with Crippen LogP contribution in [0.15, 0.2) is 18.6 Å². The molecule has 0 saturated carbocycles. The molecule has 1 rings (SSSR count). The number of nitrogens with one attached hydrogen (secondary N) is 1. The molecule has 14 heavy (non-hydrogen) atoms. The van der Waals surface area contributed by atoms with Crippen LogP contribution in [0.2, 0.25) is 0 Å². The first-order chi connectivity index (χ1) is 6.61. The van der Waals surface area contributed by atoms with Gasteiger partial charge >= 0.3 is 0 Å². The van der Waals surface area contributed by atoms with Gasteiger partial charge in [0.2, 0.25) is 0 Å². The van der Waals surface area contributed by atoms with Gasteiger partial charge in [-0.3, -0.25) is 9.97 Å². The number of alkyl halides is 2. The van der Waals surface area contributed by atoms with E-state index in [1.807, 2.05) is 0 Å². The maximum absolute atomic E-state index is 12.8. The Morgan fingerprint density at radius 1 is 1.50 bits per heavy atom. The zero-order valence-corrected chi connectivity index (χ0v) is 8.17. The minimum Gasteiger partial charge on any atom is -0.302 e. The third kappa shape index (κ3) is 2.04. The summed E-state index contributed by atoms with van der Waals surface area (Å²) in [6, 6.07) is 0. The van der Waals surface area contributed by atoms with Crippen molar-refractivity contribution in [1.82, 2.24) is 15.3 Å². The molecule has 5 heteroatoms. The van der Waals surface area contributed by atoms with E-state index in [0.29, 0.717) is 6.54 Å². The summed E-state index contributed by atoms with van der Waals surface area (Å²) in [6.45, 7) is 3.65. The second-order valence-electron chi connectivity index (χ2n) is 3.12. The summed E-state index contributed by atoms with van der Waals surface area (Å²) >= 11 is 0. The van der Waals surface area contributed by atoms with Crippen LogP contribution in [0.4, 0.5) is 8.78 Å². The van der Waals surface area contributed by atoms with Crippen LogP contribution in [-0.2, 0) is 5.54 Å². The third-order valence-electron chi connectivity index (χ3n) is 2.08. The lowest BCUT2D eigenvalue weighted by Gasteiger charge is -2.28. The van der Waals surface area contributed by atoms with E-state index in [9.17, 15) is 8.78 Å². The number of aromatic nitrogens is 2. The van der Waals surface area contributed by atoms with Crippen LogP contribution in [0.25, 0.3) is 0 Å². The number of nitrogens with zero attached hydrogens (tertiary/aromatic N) is 2. The van der Waals surface area contributed by atoms with Crippen LogP contribution in [-0.4, -0.2) is 22.9 Å². The summed E-state index contributed by atoms with van der Waals surface area (Å²) in [5.41, 5.74) is -1.15. The van der Waals surface area contributed by atoms with Crippen LogP contribution in [0.3, 0.4) is 0 Å². The predicted octanol–water partition coefficient (Wildman–Crippen LogP) is 1.57. The molecular weight excluding hydrogens is 188 g/mol. The Kier molecular flexibility index (Phi) is 3.46. The number of hydrogen-bond acceptors (Lipinski definition) is 3. The first-order valence-electron chi connectivity index (χ1n) is 4.41. The average molecular weight is 201 g/mol. The molecular formula is C9H13F2N3. The minimum atomic E-state index is -2.51. The lowest BCUT2D eigenvalue weighted by atomic mass is 9.99. The predicted molar refractivity (Wildman–Crippen MR) is 49.1 cm³/mol. The first kappa shape index (κ1) is 11.0. The van der Waals surface area contributed by atoms with Gasteiger partial charge in [-0.15, -0.1) is 0 Å². The van der Waals surface area contributed by atoms with Crippen molar-refractivity contribution < 1.29 is 8.78 Å². The largest absolute Gasteiger partial charge is 0.302 e. The molecule has 78 valence electrons. The zero-order chi connectivity index (χ0) is 10.6. The van der Waals surface area contributed by atoms with Crippen molar-refractivity contribution in [3.8, 4) is 0 Å². The summed E-state index contributed by atoms with van der Waals surface area (Å²) in [5.74, 6) is 0. The van der Waals surface area contributed by atoms with E-state index in [1.54, 1.807) is 6.92 Å². The minimum absolute atomic E-state index is 0.261. The summed E-state index contributed by atoms with van der Waals surface area (Å²) in [7, 11) is 0. The van der Waals surface area contributed by atoms with Gasteiger partial charge in [0.15, 0.2) is 0 Å². The molecule has 0 aromatic carbocycles. The molecule has 1 aromatic heterocycles. The fraction of sp³-hybridized carbons (Fsp3) is 0.556. The quantitative estimate of drug-likeness (QED) is 0.803. The second kappa shape index (κ2) is 4.41. The van der Waals surface area contributed by atoms with Crippen LogP contribution in [0.1, 0.15) is 19.5 Å². The van der Waals surface area contributed by atoms with Crippen LogP contribution >= 0.6 is 0 Å². The molecule has 1 aromatic rings. The first-order valence-corrected chi connectivity index (χ1v) is 4.41. The Balaban J connectivity index is 2.99. The molecule has 0 amide bonds. The summed E-state index contributed by atoms with van der Waals surface area (Å²) in [4.78, 5) is 7.67. The van der Waals surface area contributed by atoms with Gasteiger partial charge in [0.1, 0.15) is 5.54 Å². The fourth-order valence-electron chi connectivity index (χ4n) is 1.21. The van der Waals surface area contributed by atoms with Crippen molar-refractivity contribution in [2.24, 2.45) is 0 Å². The SMILES string of the molecule is CCNC(C)(c1cnccn1)C(F)F. The Hall–Kier alpha value is -1.10. The summed E-state index contributed by atoms with van der Waals surface area (Å²) in [5, 5.41) is 2.72. The molecule has 0 bridgehead atoms. The van der Waals surface area contributed by atoms with E-state index >= 15 is 0 Å². The highest BCUT2D eigenvalue weighted by molar-refractivity contribution is 5.11. The van der Waals surface area contributed by atoms with Crippen molar-refractivity contribution in [3.63, 3.8) is 0 Å². The van der Waals surface area contributed by atoms with Gasteiger partial charge in [0.25, 0.3) is 6.43 Å². The molecule has 0 radical (unpaired) electrons. The van der Waals surface area contributed by atoms with Gasteiger partial charge < -0.3 is 5.32 Å². The topological polar surface area (TPSA) is 37.8 Å². The number of rotatable bonds is 4. The smallest absolute Gasteiger partial charge is 0.261 e. The Morgan fingerprint density at radius 2 is 2.21 bits per heavy atom. The summed E-state index contributed by atoms with van der Waals surface area (Å²) in [6.07, 6.45) is 1.71. The fourth-order valence-corrected chi connectivity index (χ4v) is 1.21. The highest BCUT2D eigenvalue weighted by atomic mass is 19.3. The Labute approximate surface area is 81.6 Å². The van der Waals surface area contributed by atoms with Gasteiger partial charge in [-0.1, -0.05) is 6.92 Å². The molecule has 0 saturated heterocycles. The van der Waals surface area contributed by atoms with Crippen molar-refractivity contribution in [1.29, 1.82) is 0 Å². The molecule has 1 atom stereocenters. The molecule has 1 heterocycles. The molecule has 0 fully saturated rings. The van der Waals surface area contributed by atoms with Gasteiger partial charge in [0.05, 0.1) is 11.9 Å². The second-order valence-corrected chi connectivity index (χ2v) is 3.12. The molecule has 1 N–H and O–H groups in total. The van der Waals surface area contributed by atoms with Gasteiger partial charge in [0, 0.05) is 12.4 Å². The molecule has 0 aliphatic heterocycles. The van der Waals surface area contributed by atoms with Gasteiger partial charge in [-0.2, -0.15) is 0 Å². The standard InChI is InChI=1S/C9H13F2N3/c1-3-14-9(2,8(10)11)7-6-12-4-5-13-7/h4-6,8,14H,3H2,1-2H3. The molecule has 0 aliphatic carbocycles. The van der Waals surface area contributed by atoms with Crippen molar-refractivity contribution in [2.75, 3.05) is 6.54 Å². The normalized spacial score (nSPS) is 15.5. The Morgan fingerprint density at radius 3 is 2.64 bits per heavy atom. The maximum atomic E-state index is 12.8. The third-order valence-corrected chi connectivity index (χ3v) is 2.08. The zero-order valence-electron chi connectivity index (χ0n) is 8.17. The van der Waals surface area contributed by atoms with Crippen LogP contribution in [0, 0.1) is 0 Å². The van der Waals surface area contributed by atoms with E-state index in [-0.39, 0.29) is 5.69 Å². The Bertz CT molecular complexity index is 279. The molecule has 0 aliphatic rings. The molecule has 1 unspecified atom stereocenters. The van der Waals surface area contributed by atoms with Crippen LogP contribution in [0.5, 0.6) is 0 Å². The van der Waals surface area contributed by atoms with E-state index in [2.05, 4.69) is 15.3 Å². The summed E-state index contributed by atoms with van der Waals surface area (Å²) < 4.78 is 25.7. The lowest BCUT2D eigenvalue weighted by Crippen LogP contribution is -2.46. The van der Waals surface area contributed by atoms with Crippen molar-refractivity contribution in [3.05, 3.63) is 24.3 Å². The number of hydrogen-bond donors (Lipinski definition) is 1. The molecule has 3 nitrogen and oxygen atoms in total. The highest BCUT2D eigenvalue weighted by Crippen LogP contribution is 2.25. The lowest BCUT2D eigenvalue weighted by molar-refractivity contribution is 0.0367. The highest BCUT2D eigenvalue weighted by Gasteiger charge is 2.37. The van der Waals surface area contributed by atoms with E-state index in [4.69, 9.17) is 0 Å². The van der Waals surface area contributed by atoms with E-state index in [1.165, 1.54) is 25.5 Å². The average Bonchev–Trinajstić information content (AvgIpc) is 2.19. The van der Waals surface area contributed by atoms with Crippen molar-refractivity contribution in [2.45, 2.75) is 25.8 Å². The monoisotopic (exact) mass is 201 g/mol. The van der Waals surface area contributed by atoms with Gasteiger partial charge in [-0.25, -0.2) is 8.78 Å². The van der Waals surface area contributed by atoms with E-state index in [0.717, 1.165) is 0 Å². The van der Waals surface area contributed by atoms with Gasteiger partial charge in [-0.05, 0) is 13.5 Å².